The highest BCUT2D eigenvalue weighted by Gasteiger charge is 2.24. The van der Waals surface area contributed by atoms with Crippen molar-refractivity contribution in [3.63, 3.8) is 0 Å². The first-order chi connectivity index (χ1) is 12.5. The predicted octanol–water partition coefficient (Wildman–Crippen LogP) is 4.19. The van der Waals surface area contributed by atoms with Crippen molar-refractivity contribution in [3.05, 3.63) is 64.7 Å². The molecule has 1 heterocycles. The maximum atomic E-state index is 12.7. The van der Waals surface area contributed by atoms with Crippen molar-refractivity contribution in [2.45, 2.75) is 38.9 Å². The summed E-state index contributed by atoms with van der Waals surface area (Å²) in [4.78, 5) is 14.8. The Morgan fingerprint density at radius 2 is 2.08 bits per heavy atom. The van der Waals surface area contributed by atoms with Crippen LogP contribution in [0.3, 0.4) is 0 Å². The van der Waals surface area contributed by atoms with Crippen LogP contribution >= 0.6 is 11.6 Å². The fourth-order valence-corrected chi connectivity index (χ4v) is 3.42. The van der Waals surface area contributed by atoms with Crippen LogP contribution in [0, 0.1) is 0 Å². The molecule has 0 aliphatic carbocycles. The van der Waals surface area contributed by atoms with Crippen molar-refractivity contribution in [3.8, 4) is 5.75 Å². The van der Waals surface area contributed by atoms with Gasteiger partial charge in [-0.3, -0.25) is 9.69 Å². The normalized spacial score (nSPS) is 16.3. The molecule has 4 nitrogen and oxygen atoms in total. The van der Waals surface area contributed by atoms with Gasteiger partial charge in [-0.25, -0.2) is 0 Å². The van der Waals surface area contributed by atoms with Crippen LogP contribution in [-0.4, -0.2) is 30.0 Å². The molecular weight excluding hydrogens is 348 g/mol. The second-order valence-electron chi connectivity index (χ2n) is 6.92. The van der Waals surface area contributed by atoms with Crippen LogP contribution in [0.5, 0.6) is 5.75 Å². The Morgan fingerprint density at radius 3 is 2.85 bits per heavy atom. The number of rotatable bonds is 6. The SMILES string of the molecule is CC(C)N(CC(=O)NC1CCOc2ccccc21)Cc1cccc(Cl)c1. The van der Waals surface area contributed by atoms with Crippen molar-refractivity contribution in [1.82, 2.24) is 10.2 Å². The molecule has 0 spiro atoms. The highest BCUT2D eigenvalue weighted by molar-refractivity contribution is 6.30. The zero-order chi connectivity index (χ0) is 18.5. The zero-order valence-electron chi connectivity index (χ0n) is 15.2. The summed E-state index contributed by atoms with van der Waals surface area (Å²) in [5.74, 6) is 0.895. The summed E-state index contributed by atoms with van der Waals surface area (Å²) in [6.45, 7) is 5.86. The molecule has 3 rings (SSSR count). The Bertz CT molecular complexity index is 763. The Hall–Kier alpha value is -2.04. The number of carbonyl (C=O) groups is 1. The number of amides is 1. The summed E-state index contributed by atoms with van der Waals surface area (Å²) in [6, 6.07) is 15.9. The number of hydrogen-bond donors (Lipinski definition) is 1. The molecule has 26 heavy (non-hydrogen) atoms. The van der Waals surface area contributed by atoms with Gasteiger partial charge in [0.1, 0.15) is 5.75 Å². The van der Waals surface area contributed by atoms with E-state index in [1.165, 1.54) is 0 Å². The molecule has 2 aromatic rings. The molecule has 0 radical (unpaired) electrons. The molecule has 0 fully saturated rings. The van der Waals surface area contributed by atoms with E-state index in [9.17, 15) is 4.79 Å². The number of nitrogens with one attached hydrogen (secondary N) is 1. The topological polar surface area (TPSA) is 41.6 Å². The summed E-state index contributed by atoms with van der Waals surface area (Å²) in [5.41, 5.74) is 2.16. The third-order valence-electron chi connectivity index (χ3n) is 4.65. The number of hydrogen-bond acceptors (Lipinski definition) is 3. The summed E-state index contributed by atoms with van der Waals surface area (Å²) in [5, 5.41) is 3.89. The van der Waals surface area contributed by atoms with Crippen LogP contribution in [0.2, 0.25) is 5.02 Å². The monoisotopic (exact) mass is 372 g/mol. The van der Waals surface area contributed by atoms with Gasteiger partial charge in [-0.1, -0.05) is 41.9 Å². The molecule has 0 saturated heterocycles. The maximum absolute atomic E-state index is 12.7. The third kappa shape index (κ3) is 4.77. The molecule has 1 unspecified atom stereocenters. The predicted molar refractivity (Wildman–Crippen MR) is 104 cm³/mol. The first kappa shape index (κ1) is 18.7. The standard InChI is InChI=1S/C21H25ClN2O2/c1-15(2)24(13-16-6-5-7-17(22)12-16)14-21(25)23-19-10-11-26-20-9-4-3-8-18(19)20/h3-9,12,15,19H,10-11,13-14H2,1-2H3,(H,23,25). The lowest BCUT2D eigenvalue weighted by Crippen LogP contribution is -2.42. The molecule has 1 aliphatic heterocycles. The number of ether oxygens (including phenoxy) is 1. The van der Waals surface area contributed by atoms with Crippen LogP contribution in [0.25, 0.3) is 0 Å². The minimum Gasteiger partial charge on any atom is -0.493 e. The van der Waals surface area contributed by atoms with E-state index in [1.54, 1.807) is 0 Å². The lowest BCUT2D eigenvalue weighted by Gasteiger charge is -2.29. The van der Waals surface area contributed by atoms with E-state index in [-0.39, 0.29) is 18.0 Å². The third-order valence-corrected chi connectivity index (χ3v) is 4.88. The first-order valence-corrected chi connectivity index (χ1v) is 9.40. The van der Waals surface area contributed by atoms with E-state index < -0.39 is 0 Å². The van der Waals surface area contributed by atoms with Gasteiger partial charge in [-0.05, 0) is 37.6 Å². The van der Waals surface area contributed by atoms with Gasteiger partial charge in [0.15, 0.2) is 0 Å². The number of nitrogens with zero attached hydrogens (tertiary/aromatic N) is 1. The van der Waals surface area contributed by atoms with E-state index in [2.05, 4.69) is 24.1 Å². The molecule has 1 amide bonds. The van der Waals surface area contributed by atoms with Crippen LogP contribution in [0.15, 0.2) is 48.5 Å². The van der Waals surface area contributed by atoms with Gasteiger partial charge in [0.25, 0.3) is 0 Å². The summed E-state index contributed by atoms with van der Waals surface area (Å²) >= 11 is 6.08. The Kier molecular flexibility index (Phi) is 6.17. The molecule has 0 aromatic heterocycles. The molecule has 1 atom stereocenters. The van der Waals surface area contributed by atoms with Gasteiger partial charge in [0.2, 0.25) is 5.91 Å². The second kappa shape index (κ2) is 8.56. The molecule has 0 bridgehead atoms. The average Bonchev–Trinajstić information content (AvgIpc) is 2.61. The number of carbonyl (C=O) groups excluding carboxylic acids is 1. The van der Waals surface area contributed by atoms with Crippen molar-refractivity contribution in [2.75, 3.05) is 13.2 Å². The molecular formula is C21H25ClN2O2. The second-order valence-corrected chi connectivity index (χ2v) is 7.36. The Balaban J connectivity index is 1.64. The van der Waals surface area contributed by atoms with Crippen LogP contribution in [0.4, 0.5) is 0 Å². The van der Waals surface area contributed by atoms with Crippen molar-refractivity contribution >= 4 is 17.5 Å². The zero-order valence-corrected chi connectivity index (χ0v) is 16.0. The van der Waals surface area contributed by atoms with Gasteiger partial charge in [0, 0.05) is 29.6 Å². The molecule has 138 valence electrons. The van der Waals surface area contributed by atoms with E-state index >= 15 is 0 Å². The van der Waals surface area contributed by atoms with Gasteiger partial charge in [-0.2, -0.15) is 0 Å². The van der Waals surface area contributed by atoms with E-state index in [0.29, 0.717) is 19.7 Å². The summed E-state index contributed by atoms with van der Waals surface area (Å²) in [7, 11) is 0. The van der Waals surface area contributed by atoms with Crippen molar-refractivity contribution < 1.29 is 9.53 Å². The number of halogens is 1. The number of benzene rings is 2. The Morgan fingerprint density at radius 1 is 1.27 bits per heavy atom. The maximum Gasteiger partial charge on any atom is 0.234 e. The molecule has 2 aromatic carbocycles. The van der Waals surface area contributed by atoms with Crippen LogP contribution < -0.4 is 10.1 Å². The Labute approximate surface area is 160 Å². The number of para-hydroxylation sites is 1. The van der Waals surface area contributed by atoms with Gasteiger partial charge >= 0.3 is 0 Å². The van der Waals surface area contributed by atoms with Gasteiger partial charge < -0.3 is 10.1 Å². The minimum absolute atomic E-state index is 0.00707. The van der Waals surface area contributed by atoms with E-state index in [1.807, 2.05) is 48.5 Å². The molecule has 5 heteroatoms. The quantitative estimate of drug-likeness (QED) is 0.826. The van der Waals surface area contributed by atoms with Gasteiger partial charge in [0.05, 0.1) is 19.2 Å². The smallest absolute Gasteiger partial charge is 0.234 e. The van der Waals surface area contributed by atoms with Crippen LogP contribution in [-0.2, 0) is 11.3 Å². The lowest BCUT2D eigenvalue weighted by atomic mass is 10.0. The van der Waals surface area contributed by atoms with Crippen molar-refractivity contribution in [1.29, 1.82) is 0 Å². The average molecular weight is 373 g/mol. The number of fused-ring (bicyclic) bond motifs is 1. The summed E-state index contributed by atoms with van der Waals surface area (Å²) in [6.07, 6.45) is 0.790. The van der Waals surface area contributed by atoms with E-state index in [0.717, 1.165) is 28.3 Å². The minimum atomic E-state index is 0.00707. The fraction of sp³-hybridized carbons (Fsp3) is 0.381. The highest BCUT2D eigenvalue weighted by atomic mass is 35.5. The largest absolute Gasteiger partial charge is 0.493 e. The first-order valence-electron chi connectivity index (χ1n) is 9.02. The lowest BCUT2D eigenvalue weighted by molar-refractivity contribution is -0.123. The van der Waals surface area contributed by atoms with Crippen molar-refractivity contribution in [2.24, 2.45) is 0 Å². The molecule has 1 N–H and O–H groups in total. The van der Waals surface area contributed by atoms with Crippen LogP contribution in [0.1, 0.15) is 37.4 Å². The molecule has 0 saturated carbocycles. The van der Waals surface area contributed by atoms with Gasteiger partial charge in [-0.15, -0.1) is 0 Å². The van der Waals surface area contributed by atoms with E-state index in [4.69, 9.17) is 16.3 Å². The highest BCUT2D eigenvalue weighted by Crippen LogP contribution is 2.31. The summed E-state index contributed by atoms with van der Waals surface area (Å²) < 4.78 is 5.67. The molecule has 1 aliphatic rings. The fourth-order valence-electron chi connectivity index (χ4n) is 3.21.